The monoisotopic (exact) mass is 822 g/mol. The summed E-state index contributed by atoms with van der Waals surface area (Å²) in [5.74, 6) is 39.2. The summed E-state index contributed by atoms with van der Waals surface area (Å²) in [5.41, 5.74) is 0.596. The number of thioether (sulfide) groups is 1. The van der Waals surface area contributed by atoms with Gasteiger partial charge >= 0.3 is 0 Å². The van der Waals surface area contributed by atoms with Crippen molar-refractivity contribution in [3.05, 3.63) is 71.8 Å². The second-order valence-electron chi connectivity index (χ2n) is 12.0. The number of phenolic OH excluding ortho intramolecular Hbond substituents is 3. The number of aliphatic imine (C=N–C) groups is 1. The first kappa shape index (κ1) is 43.5. The molecule has 1 unspecified atom stereocenters. The Kier molecular flexibility index (Phi) is 15.4. The molecule has 14 heteroatoms. The maximum atomic E-state index is 13.3. The molecule has 5 N–H and O–H groups in total. The number of sulfonamides is 2. The number of phenols is 3. The summed E-state index contributed by atoms with van der Waals surface area (Å²) in [6.45, 7) is 3.82. The first-order valence-corrected chi connectivity index (χ1v) is 20.4. The van der Waals surface area contributed by atoms with E-state index in [0.717, 1.165) is 12.1 Å². The third-order valence-corrected chi connectivity index (χ3v) is 11.6. The molecule has 1 atom stereocenters. The summed E-state index contributed by atoms with van der Waals surface area (Å²) in [6, 6.07) is 16.6. The van der Waals surface area contributed by atoms with E-state index in [4.69, 9.17) is 6.42 Å². The lowest BCUT2D eigenvalue weighted by Crippen LogP contribution is -2.34. The Balaban J connectivity index is 1.39. The smallest absolute Gasteiger partial charge is 0.240 e. The predicted octanol–water partition coefficient (Wildman–Crippen LogP) is 3.25. The van der Waals surface area contributed by atoms with Crippen molar-refractivity contribution in [2.24, 2.45) is 4.99 Å². The van der Waals surface area contributed by atoms with Gasteiger partial charge in [-0.1, -0.05) is 12.1 Å². The molecule has 4 rings (SSSR count). The van der Waals surface area contributed by atoms with E-state index in [1.54, 1.807) is 23.1 Å². The molecule has 0 saturated carbocycles. The standard InChI is InChI=1S/C44H30N4O7S3/c1-4-5-6-7-8-9-10-11-12-13-14-15-16-17-18-21-30-48-34-44(2,3)56-43(48)38-31-36(24-26-41(38)50)57(52,53)46-28-29-47-58(54,55)37-25-27-42(51)39(32-37)45-33-35-22-19-20-23-40(35)49/h1,19-20,22-27,31-33,43,46-47,49-51H,28-29,34H2,2-3H3. The van der Waals surface area contributed by atoms with Gasteiger partial charge in [0.05, 0.1) is 9.79 Å². The molecule has 1 aliphatic heterocycles. The number of rotatable bonds is 10. The van der Waals surface area contributed by atoms with Crippen LogP contribution in [0.2, 0.25) is 0 Å². The highest BCUT2D eigenvalue weighted by atomic mass is 32.2. The van der Waals surface area contributed by atoms with E-state index in [2.05, 4.69) is 115 Å². The van der Waals surface area contributed by atoms with Crippen molar-refractivity contribution >= 4 is 43.7 Å². The molecule has 1 fully saturated rings. The lowest BCUT2D eigenvalue weighted by atomic mass is 10.1. The molecule has 1 heterocycles. The van der Waals surface area contributed by atoms with Crippen molar-refractivity contribution in [2.45, 2.75) is 33.8 Å². The summed E-state index contributed by atoms with van der Waals surface area (Å²) in [4.78, 5) is 5.46. The third kappa shape index (κ3) is 13.2. The summed E-state index contributed by atoms with van der Waals surface area (Å²) >= 11 is 1.48. The SMILES string of the molecule is C#CC#CC#CC#CC#CC#CC#CC#CC#CN1CC(C)(C)SC1c1cc(S(=O)(=O)NCCNS(=O)(=O)c2ccc(O)c(N=Cc3ccccc3O)c2)ccc1O. The Hall–Kier alpha value is -7.26. The molecule has 1 aliphatic rings. The maximum absolute atomic E-state index is 13.3. The molecule has 0 spiro atoms. The van der Waals surface area contributed by atoms with Crippen LogP contribution in [0.25, 0.3) is 0 Å². The quantitative estimate of drug-likeness (QED) is 0.117. The van der Waals surface area contributed by atoms with E-state index in [1.807, 2.05) is 13.8 Å². The molecule has 0 aliphatic carbocycles. The Morgan fingerprint density at radius 1 is 0.724 bits per heavy atom. The summed E-state index contributed by atoms with van der Waals surface area (Å²) in [7, 11) is -8.31. The van der Waals surface area contributed by atoms with Gasteiger partial charge in [0.2, 0.25) is 20.0 Å². The molecule has 58 heavy (non-hydrogen) atoms. The van der Waals surface area contributed by atoms with Crippen molar-refractivity contribution in [3.63, 3.8) is 0 Å². The minimum absolute atomic E-state index is 0.0494. The molecule has 0 radical (unpaired) electrons. The Morgan fingerprint density at radius 3 is 1.78 bits per heavy atom. The molecular weight excluding hydrogens is 793 g/mol. The maximum Gasteiger partial charge on any atom is 0.240 e. The van der Waals surface area contributed by atoms with Crippen LogP contribution >= 0.6 is 11.8 Å². The van der Waals surface area contributed by atoms with Crippen molar-refractivity contribution in [2.75, 3.05) is 19.6 Å². The largest absolute Gasteiger partial charge is 0.508 e. The first-order chi connectivity index (χ1) is 27.7. The van der Waals surface area contributed by atoms with Gasteiger partial charge in [-0.3, -0.25) is 4.99 Å². The zero-order valence-electron chi connectivity index (χ0n) is 30.7. The number of hydrogen-bond acceptors (Lipinski definition) is 10. The molecule has 0 amide bonds. The molecule has 0 bridgehead atoms. The molecule has 1 saturated heterocycles. The number of benzene rings is 3. The topological polar surface area (TPSA) is 169 Å². The summed E-state index contributed by atoms with van der Waals surface area (Å²) in [5, 5.41) is 30.4. The summed E-state index contributed by atoms with van der Waals surface area (Å²) < 4.78 is 57.0. The van der Waals surface area contributed by atoms with E-state index in [1.165, 1.54) is 48.3 Å². The molecular formula is C44H30N4O7S3. The van der Waals surface area contributed by atoms with Crippen LogP contribution in [-0.2, 0) is 20.0 Å². The second-order valence-corrected chi connectivity index (χ2v) is 17.3. The van der Waals surface area contributed by atoms with Crippen molar-refractivity contribution in [1.82, 2.24) is 14.3 Å². The minimum Gasteiger partial charge on any atom is -0.508 e. The van der Waals surface area contributed by atoms with Gasteiger partial charge in [0.1, 0.15) is 28.3 Å². The zero-order chi connectivity index (χ0) is 42.0. The van der Waals surface area contributed by atoms with Crippen LogP contribution in [0.4, 0.5) is 5.69 Å². The van der Waals surface area contributed by atoms with Crippen LogP contribution in [0.5, 0.6) is 17.2 Å². The van der Waals surface area contributed by atoms with E-state index in [9.17, 15) is 32.2 Å². The highest BCUT2D eigenvalue weighted by molar-refractivity contribution is 8.01. The van der Waals surface area contributed by atoms with E-state index >= 15 is 0 Å². The van der Waals surface area contributed by atoms with Gasteiger partial charge in [-0.25, -0.2) is 26.3 Å². The number of hydrogen-bond donors (Lipinski definition) is 5. The van der Waals surface area contributed by atoms with Crippen LogP contribution in [0.1, 0.15) is 30.3 Å². The summed E-state index contributed by atoms with van der Waals surface area (Å²) in [6.07, 6.45) is 6.25. The zero-order valence-corrected chi connectivity index (χ0v) is 33.2. The fraction of sp³-hybridized carbons (Fsp3) is 0.159. The molecule has 286 valence electrons. The number of aromatic hydroxyl groups is 3. The molecule has 3 aromatic rings. The van der Waals surface area contributed by atoms with Crippen LogP contribution in [0, 0.1) is 107 Å². The third-order valence-electron chi connectivity index (χ3n) is 7.23. The lowest BCUT2D eigenvalue weighted by molar-refractivity contribution is 0.375. The normalized spacial score (nSPS) is 13.4. The fourth-order valence-corrected chi connectivity index (χ4v) is 8.22. The van der Waals surface area contributed by atoms with Gasteiger partial charge in [-0.15, -0.1) is 18.2 Å². The minimum atomic E-state index is -4.16. The van der Waals surface area contributed by atoms with Gasteiger partial charge in [-0.2, -0.15) is 0 Å². The molecule has 11 nitrogen and oxygen atoms in total. The lowest BCUT2D eigenvalue weighted by Gasteiger charge is -2.21. The van der Waals surface area contributed by atoms with Crippen LogP contribution in [0.15, 0.2) is 75.4 Å². The van der Waals surface area contributed by atoms with Gasteiger partial charge in [-0.05, 0) is 110 Å². The highest BCUT2D eigenvalue weighted by Crippen LogP contribution is 2.50. The Bertz CT molecular complexity index is 2930. The van der Waals surface area contributed by atoms with E-state index < -0.39 is 25.4 Å². The van der Waals surface area contributed by atoms with E-state index in [-0.39, 0.29) is 50.6 Å². The average Bonchev–Trinajstić information content (AvgIpc) is 3.50. The number of nitrogens with one attached hydrogen (secondary N) is 2. The van der Waals surface area contributed by atoms with Gasteiger partial charge in [0.15, 0.2) is 0 Å². The number of terminal acetylenes is 1. The van der Waals surface area contributed by atoms with E-state index in [0.29, 0.717) is 17.7 Å². The first-order valence-electron chi connectivity index (χ1n) is 16.6. The molecule has 0 aromatic heterocycles. The highest BCUT2D eigenvalue weighted by Gasteiger charge is 2.39. The molecule has 3 aromatic carbocycles. The van der Waals surface area contributed by atoms with Crippen LogP contribution in [-0.4, -0.2) is 67.7 Å². The fourth-order valence-electron chi connectivity index (χ4n) is 4.71. The Labute approximate surface area is 343 Å². The van der Waals surface area contributed by atoms with Gasteiger partial charge in [0, 0.05) is 95.1 Å². The van der Waals surface area contributed by atoms with Crippen molar-refractivity contribution < 1.29 is 32.2 Å². The number of nitrogens with zero attached hydrogens (tertiary/aromatic N) is 2. The van der Waals surface area contributed by atoms with Crippen LogP contribution in [0.3, 0.4) is 0 Å². The van der Waals surface area contributed by atoms with Crippen molar-refractivity contribution in [1.29, 1.82) is 0 Å². The van der Waals surface area contributed by atoms with Crippen LogP contribution < -0.4 is 9.44 Å². The predicted molar refractivity (Wildman–Crippen MR) is 224 cm³/mol. The average molecular weight is 823 g/mol. The van der Waals surface area contributed by atoms with Gasteiger partial charge in [0.25, 0.3) is 0 Å². The van der Waals surface area contributed by atoms with Gasteiger partial charge < -0.3 is 20.2 Å². The van der Waals surface area contributed by atoms with Crippen molar-refractivity contribution in [3.8, 4) is 124 Å². The Morgan fingerprint density at radius 2 is 1.22 bits per heavy atom. The second kappa shape index (κ2) is 20.6. The number of para-hydroxylation sites is 1.